The summed E-state index contributed by atoms with van der Waals surface area (Å²) >= 11 is 0. The highest BCUT2D eigenvalue weighted by Crippen LogP contribution is 2.21. The van der Waals surface area contributed by atoms with E-state index in [4.69, 9.17) is 0 Å². The van der Waals surface area contributed by atoms with Crippen molar-refractivity contribution in [2.45, 2.75) is 33.7 Å². The Morgan fingerprint density at radius 1 is 1.18 bits per heavy atom. The molecule has 0 aromatic carbocycles. The highest BCUT2D eigenvalue weighted by Gasteiger charge is 2.15. The Morgan fingerprint density at radius 2 is 1.76 bits per heavy atom. The minimum atomic E-state index is 0.00714. The summed E-state index contributed by atoms with van der Waals surface area (Å²) < 4.78 is 0. The number of aryl methyl sites for hydroxylation is 1. The van der Waals surface area contributed by atoms with Gasteiger partial charge in [0.2, 0.25) is 0 Å². The largest absolute Gasteiger partial charge is 0.394 e. The van der Waals surface area contributed by atoms with Crippen molar-refractivity contribution in [2.24, 2.45) is 5.92 Å². The molecule has 1 aromatic rings. The molecule has 1 atom stereocenters. The first-order chi connectivity index (χ1) is 7.99. The van der Waals surface area contributed by atoms with Crippen molar-refractivity contribution in [3.63, 3.8) is 0 Å². The first-order valence-corrected chi connectivity index (χ1v) is 5.90. The quantitative estimate of drug-likeness (QED) is 0.726. The zero-order chi connectivity index (χ0) is 13.0. The molecule has 1 rings (SSSR count). The van der Waals surface area contributed by atoms with Gasteiger partial charge in [-0.25, -0.2) is 9.97 Å². The van der Waals surface area contributed by atoms with E-state index in [-0.39, 0.29) is 12.6 Å². The number of hydrogen-bond acceptors (Lipinski definition) is 5. The lowest BCUT2D eigenvalue weighted by Crippen LogP contribution is -2.30. The second-order valence-corrected chi connectivity index (χ2v) is 4.52. The lowest BCUT2D eigenvalue weighted by Gasteiger charge is -2.22. The Labute approximate surface area is 103 Å². The SMILES string of the molecule is CNc1nc(C)nc(N[C@H](CO)C(C)C)c1C. The van der Waals surface area contributed by atoms with Crippen LogP contribution in [0.4, 0.5) is 11.6 Å². The maximum Gasteiger partial charge on any atom is 0.135 e. The van der Waals surface area contributed by atoms with Gasteiger partial charge in [-0.05, 0) is 19.8 Å². The monoisotopic (exact) mass is 238 g/mol. The molecule has 5 nitrogen and oxygen atoms in total. The van der Waals surface area contributed by atoms with E-state index in [0.717, 1.165) is 17.2 Å². The van der Waals surface area contributed by atoms with Gasteiger partial charge in [0.05, 0.1) is 12.6 Å². The topological polar surface area (TPSA) is 70.1 Å². The molecule has 0 saturated carbocycles. The minimum absolute atomic E-state index is 0.00714. The fourth-order valence-electron chi connectivity index (χ4n) is 1.61. The molecule has 0 bridgehead atoms. The number of aromatic nitrogens is 2. The third kappa shape index (κ3) is 3.30. The lowest BCUT2D eigenvalue weighted by molar-refractivity contribution is 0.249. The maximum atomic E-state index is 9.32. The van der Waals surface area contributed by atoms with Crippen LogP contribution < -0.4 is 10.6 Å². The molecule has 0 fully saturated rings. The average Bonchev–Trinajstić information content (AvgIpc) is 2.29. The molecule has 0 spiro atoms. The molecule has 1 heterocycles. The fourth-order valence-corrected chi connectivity index (χ4v) is 1.61. The predicted molar refractivity (Wildman–Crippen MR) is 70.4 cm³/mol. The van der Waals surface area contributed by atoms with E-state index < -0.39 is 0 Å². The zero-order valence-electron chi connectivity index (χ0n) is 11.2. The summed E-state index contributed by atoms with van der Waals surface area (Å²) in [4.78, 5) is 8.68. The van der Waals surface area contributed by atoms with Gasteiger partial charge in [-0.1, -0.05) is 13.8 Å². The van der Waals surface area contributed by atoms with Gasteiger partial charge in [0, 0.05) is 12.6 Å². The first kappa shape index (κ1) is 13.7. The van der Waals surface area contributed by atoms with Crippen LogP contribution in [0.15, 0.2) is 0 Å². The van der Waals surface area contributed by atoms with Crippen LogP contribution >= 0.6 is 0 Å². The van der Waals surface area contributed by atoms with Crippen LogP contribution in [-0.4, -0.2) is 34.8 Å². The highest BCUT2D eigenvalue weighted by atomic mass is 16.3. The van der Waals surface area contributed by atoms with E-state index in [9.17, 15) is 5.11 Å². The third-order valence-corrected chi connectivity index (χ3v) is 2.82. The number of rotatable bonds is 5. The molecule has 0 radical (unpaired) electrons. The number of nitrogens with zero attached hydrogens (tertiary/aromatic N) is 2. The Balaban J connectivity index is 3.01. The van der Waals surface area contributed by atoms with Gasteiger partial charge in [-0.15, -0.1) is 0 Å². The standard InChI is InChI=1S/C12H22N4O/c1-7(2)10(6-17)16-12-8(3)11(13-5)14-9(4)15-12/h7,10,17H,6H2,1-5H3,(H2,13,14,15,16)/t10-/m1/s1. The highest BCUT2D eigenvalue weighted by molar-refractivity contribution is 5.57. The van der Waals surface area contributed by atoms with Gasteiger partial charge < -0.3 is 15.7 Å². The summed E-state index contributed by atoms with van der Waals surface area (Å²) in [6, 6.07) is 0.00714. The van der Waals surface area contributed by atoms with Gasteiger partial charge in [0.1, 0.15) is 17.5 Å². The minimum Gasteiger partial charge on any atom is -0.394 e. The zero-order valence-corrected chi connectivity index (χ0v) is 11.2. The Hall–Kier alpha value is -1.36. The van der Waals surface area contributed by atoms with Crippen molar-refractivity contribution < 1.29 is 5.11 Å². The van der Waals surface area contributed by atoms with Crippen LogP contribution in [0.2, 0.25) is 0 Å². The Kier molecular flexibility index (Phi) is 4.69. The van der Waals surface area contributed by atoms with Crippen molar-refractivity contribution in [1.82, 2.24) is 9.97 Å². The molecule has 96 valence electrons. The van der Waals surface area contributed by atoms with Crippen LogP contribution in [0.3, 0.4) is 0 Å². The summed E-state index contributed by atoms with van der Waals surface area (Å²) in [6.45, 7) is 8.04. The number of anilines is 2. The number of hydrogen-bond donors (Lipinski definition) is 3. The van der Waals surface area contributed by atoms with Crippen molar-refractivity contribution >= 4 is 11.6 Å². The summed E-state index contributed by atoms with van der Waals surface area (Å²) in [7, 11) is 1.84. The number of aliphatic hydroxyl groups is 1. The van der Waals surface area contributed by atoms with Crippen molar-refractivity contribution in [1.29, 1.82) is 0 Å². The van der Waals surface area contributed by atoms with E-state index in [0.29, 0.717) is 11.7 Å². The Morgan fingerprint density at radius 3 is 2.24 bits per heavy atom. The molecule has 0 aliphatic rings. The molecular weight excluding hydrogens is 216 g/mol. The van der Waals surface area contributed by atoms with E-state index in [1.165, 1.54) is 0 Å². The van der Waals surface area contributed by atoms with Gasteiger partial charge in [0.15, 0.2) is 0 Å². The van der Waals surface area contributed by atoms with E-state index in [1.54, 1.807) is 0 Å². The number of nitrogens with one attached hydrogen (secondary N) is 2. The summed E-state index contributed by atoms with van der Waals surface area (Å²) in [5.74, 6) is 2.66. The van der Waals surface area contributed by atoms with Crippen LogP contribution in [-0.2, 0) is 0 Å². The maximum absolute atomic E-state index is 9.32. The molecule has 0 aliphatic carbocycles. The molecule has 5 heteroatoms. The average molecular weight is 238 g/mol. The Bertz CT molecular complexity index is 379. The van der Waals surface area contributed by atoms with Crippen LogP contribution in [0, 0.1) is 19.8 Å². The van der Waals surface area contributed by atoms with Gasteiger partial charge in [-0.2, -0.15) is 0 Å². The van der Waals surface area contributed by atoms with Gasteiger partial charge in [-0.3, -0.25) is 0 Å². The third-order valence-electron chi connectivity index (χ3n) is 2.82. The first-order valence-electron chi connectivity index (χ1n) is 5.90. The lowest BCUT2D eigenvalue weighted by atomic mass is 10.1. The van der Waals surface area contributed by atoms with E-state index >= 15 is 0 Å². The van der Waals surface area contributed by atoms with Gasteiger partial charge >= 0.3 is 0 Å². The summed E-state index contributed by atoms with van der Waals surface area (Å²) in [6.07, 6.45) is 0. The number of aliphatic hydroxyl groups excluding tert-OH is 1. The molecule has 17 heavy (non-hydrogen) atoms. The van der Waals surface area contributed by atoms with Crippen molar-refractivity contribution in [2.75, 3.05) is 24.3 Å². The summed E-state index contributed by atoms with van der Waals surface area (Å²) in [5, 5.41) is 15.6. The smallest absolute Gasteiger partial charge is 0.135 e. The van der Waals surface area contributed by atoms with E-state index in [1.807, 2.05) is 20.9 Å². The molecule has 0 unspecified atom stereocenters. The molecule has 1 aromatic heterocycles. The molecule has 3 N–H and O–H groups in total. The molecule has 0 amide bonds. The normalized spacial score (nSPS) is 12.6. The van der Waals surface area contributed by atoms with E-state index in [2.05, 4.69) is 34.4 Å². The van der Waals surface area contributed by atoms with Crippen LogP contribution in [0.25, 0.3) is 0 Å². The molecule has 0 saturated heterocycles. The van der Waals surface area contributed by atoms with Crippen molar-refractivity contribution in [3.8, 4) is 0 Å². The fraction of sp³-hybridized carbons (Fsp3) is 0.667. The molecule has 0 aliphatic heterocycles. The van der Waals surface area contributed by atoms with Gasteiger partial charge in [0.25, 0.3) is 0 Å². The van der Waals surface area contributed by atoms with Crippen LogP contribution in [0.1, 0.15) is 25.2 Å². The second-order valence-electron chi connectivity index (χ2n) is 4.52. The second kappa shape index (κ2) is 5.82. The molecular formula is C12H22N4O. The predicted octanol–water partition coefficient (Wildman–Crippen LogP) is 1.56. The summed E-state index contributed by atoms with van der Waals surface area (Å²) in [5.41, 5.74) is 0.970. The van der Waals surface area contributed by atoms with Crippen molar-refractivity contribution in [3.05, 3.63) is 11.4 Å². The van der Waals surface area contributed by atoms with Crippen LogP contribution in [0.5, 0.6) is 0 Å².